The van der Waals surface area contributed by atoms with Gasteiger partial charge >= 0.3 is 12.1 Å². The molecule has 2 amide bonds. The number of ether oxygens (including phenoxy) is 2. The van der Waals surface area contributed by atoms with Crippen molar-refractivity contribution in [2.45, 2.75) is 50.4 Å². The number of carbonyl (C=O) groups excluding carboxylic acids is 2. The molecule has 0 spiro atoms. The average molecular weight is 468 g/mol. The van der Waals surface area contributed by atoms with Gasteiger partial charge in [0.1, 0.15) is 13.2 Å². The first-order chi connectivity index (χ1) is 15.3. The average Bonchev–Trinajstić information content (AvgIpc) is 3.31. The largest absolute Gasteiger partial charge is 0.486 e. The highest BCUT2D eigenvalue weighted by Gasteiger charge is 2.48. The third-order valence-corrected chi connectivity index (χ3v) is 6.46. The van der Waals surface area contributed by atoms with Crippen molar-refractivity contribution in [1.29, 1.82) is 0 Å². The Morgan fingerprint density at radius 2 is 1.78 bits per heavy atom. The predicted octanol–water partition coefficient (Wildman–Crippen LogP) is 4.60. The zero-order valence-corrected chi connectivity index (χ0v) is 18.0. The lowest BCUT2D eigenvalue weighted by Gasteiger charge is -2.33. The van der Waals surface area contributed by atoms with E-state index in [1.165, 1.54) is 18.2 Å². The fourth-order valence-corrected chi connectivity index (χ4v) is 4.86. The molecule has 1 saturated carbocycles. The normalized spacial score (nSPS) is 17.5. The van der Waals surface area contributed by atoms with Gasteiger partial charge in [0.05, 0.1) is 0 Å². The van der Waals surface area contributed by atoms with E-state index in [1.807, 2.05) is 0 Å². The van der Waals surface area contributed by atoms with Gasteiger partial charge in [-0.2, -0.15) is 13.2 Å². The van der Waals surface area contributed by atoms with E-state index >= 15 is 0 Å². The number of rotatable bonds is 5. The van der Waals surface area contributed by atoms with Crippen molar-refractivity contribution >= 4 is 28.8 Å². The van der Waals surface area contributed by atoms with Crippen molar-refractivity contribution in [2.75, 3.05) is 18.1 Å². The molecule has 0 bridgehead atoms. The van der Waals surface area contributed by atoms with Gasteiger partial charge in [-0.3, -0.25) is 14.5 Å². The third-order valence-electron chi connectivity index (χ3n) is 5.54. The number of carbonyl (C=O) groups is 2. The van der Waals surface area contributed by atoms with Gasteiger partial charge in [-0.1, -0.05) is 25.3 Å². The Bertz CT molecular complexity index is 959. The lowest BCUT2D eigenvalue weighted by Crippen LogP contribution is -2.50. The van der Waals surface area contributed by atoms with E-state index < -0.39 is 24.0 Å². The summed E-state index contributed by atoms with van der Waals surface area (Å²) in [6.45, 7) is 0.555. The summed E-state index contributed by atoms with van der Waals surface area (Å²) in [5.74, 6) is -2.15. The molecular weight excluding hydrogens is 445 g/mol. The zero-order valence-electron chi connectivity index (χ0n) is 17.2. The molecular formula is C22H23F3N2O4S. The number of benzene rings is 1. The second kappa shape index (κ2) is 9.40. The second-order valence-electron chi connectivity index (χ2n) is 7.76. The Hall–Kier alpha value is -2.75. The van der Waals surface area contributed by atoms with Crippen LogP contribution < -0.4 is 19.7 Å². The van der Waals surface area contributed by atoms with E-state index in [0.29, 0.717) is 22.1 Å². The summed E-state index contributed by atoms with van der Waals surface area (Å²) >= 11 is 1.12. The SMILES string of the molecule is O=C(NC1CCCCC1)[C@@H](c1cccs1)N(C(=O)C(F)(F)F)c1ccc2c(c1)OCCO2. The molecule has 0 unspecified atom stereocenters. The third kappa shape index (κ3) is 4.85. The van der Waals surface area contributed by atoms with Gasteiger partial charge in [-0.15, -0.1) is 11.3 Å². The maximum Gasteiger partial charge on any atom is 0.471 e. The molecule has 2 aromatic rings. The highest BCUT2D eigenvalue weighted by Crippen LogP contribution is 2.39. The van der Waals surface area contributed by atoms with Crippen LogP contribution in [-0.2, 0) is 9.59 Å². The number of nitrogens with one attached hydrogen (secondary N) is 1. The molecule has 0 radical (unpaired) electrons. The first-order valence-corrected chi connectivity index (χ1v) is 11.4. The van der Waals surface area contributed by atoms with Crippen molar-refractivity contribution in [3.63, 3.8) is 0 Å². The fraction of sp³-hybridized carbons (Fsp3) is 0.455. The molecule has 172 valence electrons. The van der Waals surface area contributed by atoms with Crippen LogP contribution in [0, 0.1) is 0 Å². The molecule has 10 heteroatoms. The van der Waals surface area contributed by atoms with Crippen LogP contribution in [0.15, 0.2) is 35.7 Å². The van der Waals surface area contributed by atoms with E-state index in [1.54, 1.807) is 17.5 Å². The van der Waals surface area contributed by atoms with Crippen LogP contribution in [-0.4, -0.2) is 37.2 Å². The first-order valence-electron chi connectivity index (χ1n) is 10.5. The number of halogens is 3. The molecule has 1 atom stereocenters. The first kappa shape index (κ1) is 22.4. The van der Waals surface area contributed by atoms with Crippen molar-refractivity contribution in [3.8, 4) is 11.5 Å². The smallest absolute Gasteiger partial charge is 0.471 e. The van der Waals surface area contributed by atoms with Crippen LogP contribution in [0.1, 0.15) is 43.0 Å². The number of anilines is 1. The molecule has 1 aliphatic carbocycles. The maximum atomic E-state index is 13.7. The van der Waals surface area contributed by atoms with E-state index in [2.05, 4.69) is 5.32 Å². The highest BCUT2D eigenvalue weighted by molar-refractivity contribution is 7.10. The Morgan fingerprint density at radius 1 is 1.06 bits per heavy atom. The number of hydrogen-bond donors (Lipinski definition) is 1. The molecule has 4 rings (SSSR count). The minimum absolute atomic E-state index is 0.0891. The summed E-state index contributed by atoms with van der Waals surface area (Å²) in [7, 11) is 0. The number of nitrogens with zero attached hydrogens (tertiary/aromatic N) is 1. The number of fused-ring (bicyclic) bond motifs is 1. The van der Waals surface area contributed by atoms with Crippen LogP contribution in [0.5, 0.6) is 11.5 Å². The van der Waals surface area contributed by atoms with Crippen LogP contribution >= 0.6 is 11.3 Å². The van der Waals surface area contributed by atoms with E-state index in [9.17, 15) is 22.8 Å². The number of amides is 2. The summed E-state index contributed by atoms with van der Waals surface area (Å²) in [5, 5.41) is 4.54. The van der Waals surface area contributed by atoms with E-state index in [-0.39, 0.29) is 24.1 Å². The topological polar surface area (TPSA) is 67.9 Å². The Morgan fingerprint density at radius 3 is 2.44 bits per heavy atom. The summed E-state index contributed by atoms with van der Waals surface area (Å²) in [6, 6.07) is 5.71. The van der Waals surface area contributed by atoms with Crippen LogP contribution in [0.2, 0.25) is 0 Å². The van der Waals surface area contributed by atoms with Crippen LogP contribution in [0.3, 0.4) is 0 Å². The van der Waals surface area contributed by atoms with Crippen molar-refractivity contribution in [3.05, 3.63) is 40.6 Å². The molecule has 0 saturated heterocycles. The van der Waals surface area contributed by atoms with Crippen molar-refractivity contribution in [2.24, 2.45) is 0 Å². The monoisotopic (exact) mass is 468 g/mol. The van der Waals surface area contributed by atoms with E-state index in [0.717, 1.165) is 43.4 Å². The van der Waals surface area contributed by atoms with Crippen LogP contribution in [0.4, 0.5) is 18.9 Å². The molecule has 1 aliphatic heterocycles. The fourth-order valence-electron chi connectivity index (χ4n) is 4.05. The summed E-state index contributed by atoms with van der Waals surface area (Å²) in [6.07, 6.45) is -0.686. The zero-order chi connectivity index (χ0) is 22.7. The quantitative estimate of drug-likeness (QED) is 0.696. The van der Waals surface area contributed by atoms with Gasteiger partial charge in [0.15, 0.2) is 17.5 Å². The van der Waals surface area contributed by atoms with Gasteiger partial charge < -0.3 is 14.8 Å². The Balaban J connectivity index is 1.75. The van der Waals surface area contributed by atoms with Gasteiger partial charge in [-0.25, -0.2) is 0 Å². The van der Waals surface area contributed by atoms with Gasteiger partial charge in [-0.05, 0) is 36.4 Å². The molecule has 1 N–H and O–H groups in total. The number of hydrogen-bond acceptors (Lipinski definition) is 5. The molecule has 1 aromatic heterocycles. The second-order valence-corrected chi connectivity index (χ2v) is 8.74. The van der Waals surface area contributed by atoms with Crippen molar-refractivity contribution < 1.29 is 32.2 Å². The summed E-state index contributed by atoms with van der Waals surface area (Å²) in [4.78, 5) is 26.8. The predicted molar refractivity (Wildman–Crippen MR) is 113 cm³/mol. The standard InChI is InChI=1S/C22H23F3N2O4S/c23-22(24,25)21(29)27(15-8-9-16-17(13-15)31-11-10-30-16)19(18-7-4-12-32-18)20(28)26-14-5-2-1-3-6-14/h4,7-9,12-14,19H,1-3,5-6,10-11H2,(H,26,28)/t19-/m1/s1. The molecule has 2 heterocycles. The van der Waals surface area contributed by atoms with Gasteiger partial charge in [0.2, 0.25) is 5.91 Å². The minimum atomic E-state index is -5.17. The number of alkyl halides is 3. The van der Waals surface area contributed by atoms with Crippen LogP contribution in [0.25, 0.3) is 0 Å². The summed E-state index contributed by atoms with van der Waals surface area (Å²) < 4.78 is 51.9. The lowest BCUT2D eigenvalue weighted by atomic mass is 9.95. The van der Waals surface area contributed by atoms with Crippen molar-refractivity contribution in [1.82, 2.24) is 5.32 Å². The molecule has 1 aromatic carbocycles. The molecule has 6 nitrogen and oxygen atoms in total. The van der Waals surface area contributed by atoms with Gasteiger partial charge in [0, 0.05) is 22.7 Å². The number of thiophene rings is 1. The maximum absolute atomic E-state index is 13.7. The molecule has 2 aliphatic rings. The minimum Gasteiger partial charge on any atom is -0.486 e. The molecule has 1 fully saturated rings. The highest BCUT2D eigenvalue weighted by atomic mass is 32.1. The van der Waals surface area contributed by atoms with Gasteiger partial charge in [0.25, 0.3) is 0 Å². The van der Waals surface area contributed by atoms with E-state index in [4.69, 9.17) is 9.47 Å². The molecule has 32 heavy (non-hydrogen) atoms. The summed E-state index contributed by atoms with van der Waals surface area (Å²) in [5.41, 5.74) is -0.0891. The Kier molecular flexibility index (Phi) is 6.59. The lowest BCUT2D eigenvalue weighted by molar-refractivity contribution is -0.171. The Labute approximate surface area is 187 Å².